The molecule has 1 unspecified atom stereocenters. The molecule has 32 heavy (non-hydrogen) atoms. The lowest BCUT2D eigenvalue weighted by Crippen LogP contribution is -2.26. The number of carbonyl (C=O) groups is 1. The molecule has 158 valence electrons. The van der Waals surface area contributed by atoms with Gasteiger partial charge in [0.05, 0.1) is 12.7 Å². The van der Waals surface area contributed by atoms with Crippen molar-refractivity contribution >= 4 is 11.4 Å². The number of ether oxygens (including phenoxy) is 2. The van der Waals surface area contributed by atoms with Gasteiger partial charge in [-0.05, 0) is 36.2 Å². The van der Waals surface area contributed by atoms with Crippen molar-refractivity contribution in [2.24, 2.45) is 0 Å². The summed E-state index contributed by atoms with van der Waals surface area (Å²) in [6.07, 6.45) is 7.02. The Morgan fingerprint density at radius 3 is 2.69 bits per heavy atom. The van der Waals surface area contributed by atoms with Gasteiger partial charge in [0.1, 0.15) is 17.8 Å². The summed E-state index contributed by atoms with van der Waals surface area (Å²) in [5, 5.41) is 4.61. The number of methoxy groups -OCH3 is 1. The van der Waals surface area contributed by atoms with Crippen LogP contribution in [0.1, 0.15) is 36.3 Å². The molecule has 0 N–H and O–H groups in total. The molecule has 1 aliphatic heterocycles. The number of hydrogen-bond acceptors (Lipinski definition) is 7. The third kappa shape index (κ3) is 2.87. The first-order valence-corrected chi connectivity index (χ1v) is 10.5. The molecule has 0 saturated carbocycles. The fourth-order valence-electron chi connectivity index (χ4n) is 4.47. The van der Waals surface area contributed by atoms with Crippen LogP contribution in [0.15, 0.2) is 66.5 Å². The third-order valence-electron chi connectivity index (χ3n) is 5.98. The second-order valence-electron chi connectivity index (χ2n) is 7.82. The number of hydrogen-bond donors (Lipinski definition) is 0. The number of aromatic nitrogens is 5. The SMILES string of the molecule is COc1ccc(C2C3=C(CCCC3=O)Oc3ncn4nc(-c5ccncc5)nc4c32)cc1. The van der Waals surface area contributed by atoms with Crippen molar-refractivity contribution in [1.82, 2.24) is 24.6 Å². The van der Waals surface area contributed by atoms with E-state index < -0.39 is 0 Å². The molecule has 2 aliphatic rings. The molecule has 1 atom stereocenters. The smallest absolute Gasteiger partial charge is 0.228 e. The molecule has 0 saturated heterocycles. The van der Waals surface area contributed by atoms with Crippen LogP contribution >= 0.6 is 0 Å². The Kier molecular flexibility index (Phi) is 4.24. The normalized spacial score (nSPS) is 17.7. The fraction of sp³-hybridized carbons (Fsp3) is 0.208. The van der Waals surface area contributed by atoms with Crippen molar-refractivity contribution in [3.63, 3.8) is 0 Å². The first kappa shape index (κ1) is 18.7. The van der Waals surface area contributed by atoms with Crippen LogP contribution in [0.25, 0.3) is 17.0 Å². The second-order valence-corrected chi connectivity index (χ2v) is 7.82. The molecule has 6 rings (SSSR count). The van der Waals surface area contributed by atoms with E-state index in [1.165, 1.54) is 0 Å². The lowest BCUT2D eigenvalue weighted by atomic mass is 9.78. The van der Waals surface area contributed by atoms with Crippen molar-refractivity contribution < 1.29 is 14.3 Å². The van der Waals surface area contributed by atoms with Gasteiger partial charge in [0.15, 0.2) is 17.3 Å². The van der Waals surface area contributed by atoms with Crippen LogP contribution in [0.3, 0.4) is 0 Å². The van der Waals surface area contributed by atoms with Crippen molar-refractivity contribution in [2.75, 3.05) is 7.11 Å². The quantitative estimate of drug-likeness (QED) is 0.494. The minimum atomic E-state index is -0.335. The number of fused-ring (bicyclic) bond motifs is 3. The van der Waals surface area contributed by atoms with E-state index in [-0.39, 0.29) is 11.7 Å². The van der Waals surface area contributed by atoms with Crippen LogP contribution in [0, 0.1) is 0 Å². The summed E-state index contributed by atoms with van der Waals surface area (Å²) in [6.45, 7) is 0. The number of pyridine rings is 1. The van der Waals surface area contributed by atoms with E-state index in [9.17, 15) is 4.79 Å². The molecule has 0 amide bonds. The van der Waals surface area contributed by atoms with Gasteiger partial charge >= 0.3 is 0 Å². The second kappa shape index (κ2) is 7.26. The van der Waals surface area contributed by atoms with Gasteiger partial charge < -0.3 is 9.47 Å². The van der Waals surface area contributed by atoms with Gasteiger partial charge in [-0.1, -0.05) is 12.1 Å². The van der Waals surface area contributed by atoms with Crippen LogP contribution in [0.5, 0.6) is 11.6 Å². The van der Waals surface area contributed by atoms with Gasteiger partial charge in [-0.15, -0.1) is 5.10 Å². The van der Waals surface area contributed by atoms with Crippen LogP contribution in [-0.2, 0) is 4.79 Å². The van der Waals surface area contributed by atoms with Crippen LogP contribution in [-0.4, -0.2) is 37.5 Å². The first-order chi connectivity index (χ1) is 15.7. The fourth-order valence-corrected chi connectivity index (χ4v) is 4.47. The highest BCUT2D eigenvalue weighted by molar-refractivity contribution is 6.00. The van der Waals surface area contributed by atoms with Gasteiger partial charge in [-0.25, -0.2) is 14.5 Å². The zero-order valence-corrected chi connectivity index (χ0v) is 17.4. The summed E-state index contributed by atoms with van der Waals surface area (Å²) in [5.74, 6) is 2.27. The molecule has 0 spiro atoms. The van der Waals surface area contributed by atoms with Gasteiger partial charge in [-0.2, -0.15) is 0 Å². The first-order valence-electron chi connectivity index (χ1n) is 10.5. The number of benzene rings is 1. The maximum Gasteiger partial charge on any atom is 0.228 e. The zero-order chi connectivity index (χ0) is 21.7. The van der Waals surface area contributed by atoms with Crippen LogP contribution in [0.2, 0.25) is 0 Å². The number of carbonyl (C=O) groups excluding carboxylic acids is 1. The van der Waals surface area contributed by atoms with E-state index in [0.717, 1.165) is 35.3 Å². The van der Waals surface area contributed by atoms with Gasteiger partial charge in [0.2, 0.25) is 5.88 Å². The summed E-state index contributed by atoms with van der Waals surface area (Å²) in [7, 11) is 1.63. The molecule has 4 heterocycles. The van der Waals surface area contributed by atoms with E-state index >= 15 is 0 Å². The lowest BCUT2D eigenvalue weighted by molar-refractivity contribution is -0.116. The van der Waals surface area contributed by atoms with Crippen LogP contribution < -0.4 is 9.47 Å². The maximum atomic E-state index is 13.1. The number of allylic oxidation sites excluding steroid dienone is 2. The summed E-state index contributed by atoms with van der Waals surface area (Å²) in [6, 6.07) is 11.5. The Balaban J connectivity index is 1.59. The van der Waals surface area contributed by atoms with Crippen molar-refractivity contribution in [2.45, 2.75) is 25.2 Å². The molecular weight excluding hydrogens is 406 g/mol. The van der Waals surface area contributed by atoms with Gasteiger partial charge in [0, 0.05) is 42.3 Å². The Hall–Kier alpha value is -4.07. The molecule has 1 aliphatic carbocycles. The van der Waals surface area contributed by atoms with E-state index in [2.05, 4.69) is 15.1 Å². The summed E-state index contributed by atoms with van der Waals surface area (Å²) < 4.78 is 13.1. The molecule has 4 aromatic rings. The van der Waals surface area contributed by atoms with Crippen molar-refractivity contribution in [1.29, 1.82) is 0 Å². The van der Waals surface area contributed by atoms with E-state index in [4.69, 9.17) is 14.5 Å². The predicted molar refractivity (Wildman–Crippen MR) is 115 cm³/mol. The molecule has 0 radical (unpaired) electrons. The molecule has 3 aromatic heterocycles. The Morgan fingerprint density at radius 2 is 1.91 bits per heavy atom. The number of Topliss-reactive ketones (excluding diaryl/α,β-unsaturated/α-hetero) is 1. The topological polar surface area (TPSA) is 91.5 Å². The van der Waals surface area contributed by atoms with Gasteiger partial charge in [-0.3, -0.25) is 9.78 Å². The average molecular weight is 425 g/mol. The average Bonchev–Trinajstić information content (AvgIpc) is 3.28. The number of rotatable bonds is 3. The van der Waals surface area contributed by atoms with Gasteiger partial charge in [0.25, 0.3) is 0 Å². The molecule has 0 fully saturated rings. The largest absolute Gasteiger partial charge is 0.497 e. The maximum absolute atomic E-state index is 13.1. The highest BCUT2D eigenvalue weighted by Crippen LogP contribution is 2.47. The summed E-state index contributed by atoms with van der Waals surface area (Å²) in [5.41, 5.74) is 3.87. The number of nitrogens with zero attached hydrogens (tertiary/aromatic N) is 5. The minimum absolute atomic E-state index is 0.105. The monoisotopic (exact) mass is 425 g/mol. The van der Waals surface area contributed by atoms with E-state index in [1.54, 1.807) is 30.3 Å². The third-order valence-corrected chi connectivity index (χ3v) is 5.98. The molecule has 1 aromatic carbocycles. The molecule has 8 heteroatoms. The Bertz CT molecular complexity index is 1380. The highest BCUT2D eigenvalue weighted by Gasteiger charge is 2.39. The Labute approximate surface area is 183 Å². The summed E-state index contributed by atoms with van der Waals surface area (Å²) in [4.78, 5) is 26.5. The molecular formula is C24H19N5O3. The standard InChI is InChI=1S/C24H19N5O3/c1-31-16-7-5-14(6-8-16)19-20-17(30)3-2-4-18(20)32-24-21(19)23-27-22(28-29(23)13-26-24)15-9-11-25-12-10-15/h5-13,19H,2-4H2,1H3. The molecule has 8 nitrogen and oxygen atoms in total. The predicted octanol–water partition coefficient (Wildman–Crippen LogP) is 3.73. The highest BCUT2D eigenvalue weighted by atomic mass is 16.5. The van der Waals surface area contributed by atoms with E-state index in [1.807, 2.05) is 36.4 Å². The van der Waals surface area contributed by atoms with Crippen LogP contribution in [0.4, 0.5) is 0 Å². The van der Waals surface area contributed by atoms with Crippen molar-refractivity contribution in [3.8, 4) is 23.0 Å². The molecule has 0 bridgehead atoms. The Morgan fingerprint density at radius 1 is 1.09 bits per heavy atom. The van der Waals surface area contributed by atoms with Crippen molar-refractivity contribution in [3.05, 3.63) is 77.6 Å². The summed E-state index contributed by atoms with van der Waals surface area (Å²) >= 11 is 0. The minimum Gasteiger partial charge on any atom is -0.497 e. The lowest BCUT2D eigenvalue weighted by Gasteiger charge is -2.32. The van der Waals surface area contributed by atoms with E-state index in [0.29, 0.717) is 35.1 Å². The number of ketones is 1. The zero-order valence-electron chi connectivity index (χ0n) is 17.4.